The van der Waals surface area contributed by atoms with Crippen LogP contribution in [0.3, 0.4) is 0 Å². The second-order valence-corrected chi connectivity index (χ2v) is 9.88. The smallest absolute Gasteiger partial charge is 0.274 e. The molecule has 1 aromatic carbocycles. The van der Waals surface area contributed by atoms with Crippen LogP contribution < -0.4 is 0 Å². The molecule has 0 bridgehead atoms. The van der Waals surface area contributed by atoms with Gasteiger partial charge in [0.15, 0.2) is 5.69 Å². The number of aryl methyl sites for hydroxylation is 1. The highest BCUT2D eigenvalue weighted by Crippen LogP contribution is 2.28. The Morgan fingerprint density at radius 2 is 1.68 bits per heavy atom. The first-order valence-corrected chi connectivity index (χ1v) is 12.5. The summed E-state index contributed by atoms with van der Waals surface area (Å²) in [6, 6.07) is 7.02. The van der Waals surface area contributed by atoms with E-state index in [0.717, 1.165) is 50.0 Å². The Labute approximate surface area is 204 Å². The SMILES string of the molecule is Cn1nc(C(=O)N2CCCC(C(=O)N3CCCC3)C2)c2c1CCN(C(=O)c1ccccc1Cl)C2. The lowest BCUT2D eigenvalue weighted by molar-refractivity contribution is -0.135. The summed E-state index contributed by atoms with van der Waals surface area (Å²) in [7, 11) is 1.84. The van der Waals surface area contributed by atoms with Gasteiger partial charge in [-0.3, -0.25) is 19.1 Å². The second-order valence-electron chi connectivity index (χ2n) is 9.48. The number of halogens is 1. The Balaban J connectivity index is 1.34. The average Bonchev–Trinajstić information content (AvgIpc) is 3.51. The summed E-state index contributed by atoms with van der Waals surface area (Å²) in [4.78, 5) is 45.1. The number of hydrogen-bond donors (Lipinski definition) is 0. The van der Waals surface area contributed by atoms with E-state index >= 15 is 0 Å². The number of fused-ring (bicyclic) bond motifs is 1. The molecule has 2 fully saturated rings. The molecule has 2 aromatic rings. The molecule has 9 heteroatoms. The van der Waals surface area contributed by atoms with Crippen LogP contribution in [-0.2, 0) is 24.8 Å². The van der Waals surface area contributed by atoms with E-state index < -0.39 is 0 Å². The van der Waals surface area contributed by atoms with Crippen LogP contribution in [0.4, 0.5) is 0 Å². The summed E-state index contributed by atoms with van der Waals surface area (Å²) >= 11 is 6.26. The maximum atomic E-state index is 13.6. The van der Waals surface area contributed by atoms with Crippen LogP contribution in [-0.4, -0.2) is 74.9 Å². The van der Waals surface area contributed by atoms with Gasteiger partial charge in [-0.15, -0.1) is 0 Å². The minimum atomic E-state index is -0.150. The van der Waals surface area contributed by atoms with Crippen molar-refractivity contribution in [2.45, 2.75) is 38.6 Å². The van der Waals surface area contributed by atoms with Crippen molar-refractivity contribution in [2.24, 2.45) is 13.0 Å². The topological polar surface area (TPSA) is 78.8 Å². The Bertz CT molecular complexity index is 1120. The van der Waals surface area contributed by atoms with Gasteiger partial charge in [-0.05, 0) is 37.8 Å². The van der Waals surface area contributed by atoms with Gasteiger partial charge < -0.3 is 14.7 Å². The summed E-state index contributed by atoms with van der Waals surface area (Å²) in [5.74, 6) is -0.265. The third kappa shape index (κ3) is 4.19. The molecule has 0 saturated carbocycles. The molecule has 180 valence electrons. The highest BCUT2D eigenvalue weighted by atomic mass is 35.5. The normalized spacial score (nSPS) is 20.4. The van der Waals surface area contributed by atoms with Gasteiger partial charge in [-0.1, -0.05) is 23.7 Å². The number of carbonyl (C=O) groups is 3. The number of likely N-dealkylation sites (tertiary alicyclic amines) is 2. The number of carbonyl (C=O) groups excluding carboxylic acids is 3. The van der Waals surface area contributed by atoms with Gasteiger partial charge in [0.2, 0.25) is 5.91 Å². The Morgan fingerprint density at radius 1 is 0.941 bits per heavy atom. The molecule has 8 nitrogen and oxygen atoms in total. The van der Waals surface area contributed by atoms with Gasteiger partial charge in [-0.2, -0.15) is 5.10 Å². The zero-order valence-corrected chi connectivity index (χ0v) is 20.3. The van der Waals surface area contributed by atoms with Crippen molar-refractivity contribution < 1.29 is 14.4 Å². The Morgan fingerprint density at radius 3 is 2.44 bits per heavy atom. The standard InChI is InChI=1S/C25H30ClN5O3/c1-28-21-10-14-31(24(33)18-8-2-3-9-20(18)26)16-19(21)22(27-28)25(34)30-13-6-7-17(15-30)23(32)29-11-4-5-12-29/h2-3,8-9,17H,4-7,10-16H2,1H3. The van der Waals surface area contributed by atoms with Gasteiger partial charge in [0.05, 0.1) is 23.0 Å². The average molecular weight is 484 g/mol. The number of piperidine rings is 1. The minimum Gasteiger partial charge on any atom is -0.342 e. The number of nitrogens with zero attached hydrogens (tertiary/aromatic N) is 5. The molecule has 2 saturated heterocycles. The number of benzene rings is 1. The van der Waals surface area contributed by atoms with E-state index in [1.54, 1.807) is 38.7 Å². The highest BCUT2D eigenvalue weighted by Gasteiger charge is 2.36. The van der Waals surface area contributed by atoms with Crippen molar-refractivity contribution in [1.82, 2.24) is 24.5 Å². The third-order valence-electron chi connectivity index (χ3n) is 7.31. The van der Waals surface area contributed by atoms with Crippen molar-refractivity contribution in [3.63, 3.8) is 0 Å². The molecule has 1 atom stereocenters. The molecule has 0 N–H and O–H groups in total. The van der Waals surface area contributed by atoms with Crippen molar-refractivity contribution >= 4 is 29.3 Å². The van der Waals surface area contributed by atoms with E-state index in [1.165, 1.54) is 0 Å². The molecule has 1 aromatic heterocycles. The summed E-state index contributed by atoms with van der Waals surface area (Å²) in [6.07, 6.45) is 4.37. The van der Waals surface area contributed by atoms with Crippen molar-refractivity contribution in [3.05, 3.63) is 51.8 Å². The molecule has 34 heavy (non-hydrogen) atoms. The van der Waals surface area contributed by atoms with Crippen LogP contribution in [0, 0.1) is 5.92 Å². The maximum absolute atomic E-state index is 13.6. The number of hydrogen-bond acceptors (Lipinski definition) is 4. The second kappa shape index (κ2) is 9.41. The van der Waals surface area contributed by atoms with E-state index in [4.69, 9.17) is 11.6 Å². The van der Waals surface area contributed by atoms with Gasteiger partial charge in [0.1, 0.15) is 0 Å². The first-order chi connectivity index (χ1) is 16.4. The zero-order chi connectivity index (χ0) is 23.8. The van der Waals surface area contributed by atoms with Crippen LogP contribution in [0.5, 0.6) is 0 Å². The largest absolute Gasteiger partial charge is 0.342 e. The first-order valence-electron chi connectivity index (χ1n) is 12.1. The molecule has 0 aliphatic carbocycles. The maximum Gasteiger partial charge on any atom is 0.274 e. The van der Waals surface area contributed by atoms with Crippen LogP contribution in [0.2, 0.25) is 5.02 Å². The Kier molecular flexibility index (Phi) is 6.34. The summed E-state index contributed by atoms with van der Waals surface area (Å²) < 4.78 is 1.76. The quantitative estimate of drug-likeness (QED) is 0.672. The number of amides is 3. The van der Waals surface area contributed by atoms with Gasteiger partial charge >= 0.3 is 0 Å². The lowest BCUT2D eigenvalue weighted by Crippen LogP contribution is -2.46. The predicted molar refractivity (Wildman–Crippen MR) is 128 cm³/mol. The molecule has 3 aliphatic rings. The van der Waals surface area contributed by atoms with Crippen LogP contribution >= 0.6 is 11.6 Å². The fourth-order valence-electron chi connectivity index (χ4n) is 5.45. The number of rotatable bonds is 3. The van der Waals surface area contributed by atoms with E-state index in [2.05, 4.69) is 5.10 Å². The van der Waals surface area contributed by atoms with E-state index in [-0.39, 0.29) is 23.6 Å². The van der Waals surface area contributed by atoms with Gasteiger partial charge in [0, 0.05) is 57.4 Å². The molecule has 5 rings (SSSR count). The fraction of sp³-hybridized carbons (Fsp3) is 0.520. The zero-order valence-electron chi connectivity index (χ0n) is 19.5. The van der Waals surface area contributed by atoms with Crippen LogP contribution in [0.25, 0.3) is 0 Å². The third-order valence-corrected chi connectivity index (χ3v) is 7.64. The molecule has 0 radical (unpaired) electrons. The van der Waals surface area contributed by atoms with Gasteiger partial charge in [-0.25, -0.2) is 0 Å². The molecule has 1 unspecified atom stereocenters. The first kappa shape index (κ1) is 22.9. The van der Waals surface area contributed by atoms with Crippen LogP contribution in [0.15, 0.2) is 24.3 Å². The minimum absolute atomic E-state index is 0.145. The van der Waals surface area contributed by atoms with Gasteiger partial charge in [0.25, 0.3) is 11.8 Å². The molecule has 0 spiro atoms. The molecule has 3 amide bonds. The van der Waals surface area contributed by atoms with E-state index in [1.807, 2.05) is 11.9 Å². The molecular weight excluding hydrogens is 454 g/mol. The fourth-order valence-corrected chi connectivity index (χ4v) is 5.67. The van der Waals surface area contributed by atoms with Crippen LogP contribution in [0.1, 0.15) is 57.8 Å². The lowest BCUT2D eigenvalue weighted by atomic mass is 9.95. The predicted octanol–water partition coefficient (Wildman–Crippen LogP) is 2.75. The summed E-state index contributed by atoms with van der Waals surface area (Å²) in [5.41, 5.74) is 2.63. The highest BCUT2D eigenvalue weighted by molar-refractivity contribution is 6.33. The number of aromatic nitrogens is 2. The molecule has 3 aliphatic heterocycles. The van der Waals surface area contributed by atoms with E-state index in [9.17, 15) is 14.4 Å². The summed E-state index contributed by atoms with van der Waals surface area (Å²) in [6.45, 7) is 3.56. The molecule has 4 heterocycles. The molecular formula is C25H30ClN5O3. The van der Waals surface area contributed by atoms with Crippen molar-refractivity contribution in [1.29, 1.82) is 0 Å². The summed E-state index contributed by atoms with van der Waals surface area (Å²) in [5, 5.41) is 4.98. The van der Waals surface area contributed by atoms with E-state index in [0.29, 0.717) is 48.9 Å². The van der Waals surface area contributed by atoms with Crippen molar-refractivity contribution in [3.8, 4) is 0 Å². The lowest BCUT2D eigenvalue weighted by Gasteiger charge is -2.34. The Hall–Kier alpha value is -2.87. The van der Waals surface area contributed by atoms with Crippen molar-refractivity contribution in [2.75, 3.05) is 32.7 Å². The monoisotopic (exact) mass is 483 g/mol.